The molecule has 0 aliphatic carbocycles. The van der Waals surface area contributed by atoms with Crippen LogP contribution >= 0.6 is 0 Å². The number of fused-ring (bicyclic) bond motifs is 1. The third kappa shape index (κ3) is 5.30. The first-order valence-electron chi connectivity index (χ1n) is 10.7. The van der Waals surface area contributed by atoms with Crippen molar-refractivity contribution in [1.82, 2.24) is 9.97 Å². The maximum atomic E-state index is 11.2. The van der Waals surface area contributed by atoms with E-state index in [2.05, 4.69) is 17.1 Å². The second-order valence-corrected chi connectivity index (χ2v) is 7.80. The molecule has 0 saturated heterocycles. The average molecular weight is 427 g/mol. The number of pyridine rings is 2. The van der Waals surface area contributed by atoms with Crippen LogP contribution in [0.3, 0.4) is 0 Å². The normalized spacial score (nSPS) is 10.8. The smallest absolute Gasteiger partial charge is 0.213 e. The van der Waals surface area contributed by atoms with Crippen molar-refractivity contribution in [3.8, 4) is 11.6 Å². The predicted octanol–water partition coefficient (Wildman–Crippen LogP) is 5.62. The maximum Gasteiger partial charge on any atom is 0.213 e. The van der Waals surface area contributed by atoms with Gasteiger partial charge in [0.15, 0.2) is 0 Å². The Labute approximate surface area is 188 Å². The maximum absolute atomic E-state index is 11.2. The molecule has 2 heterocycles. The molecule has 0 spiro atoms. The van der Waals surface area contributed by atoms with Gasteiger partial charge in [-0.1, -0.05) is 48.5 Å². The Morgan fingerprint density at radius 1 is 0.875 bits per heavy atom. The van der Waals surface area contributed by atoms with Crippen molar-refractivity contribution in [2.75, 3.05) is 0 Å². The minimum atomic E-state index is 0.175. The standard InChI is InChI=1S/C27H26N2O3/c1-19(30)12-13-21-14-15-26(28-16-21)31-18-25-20(2)27(23-10-6-7-11-24(23)29-25)32-17-22-8-4-3-5-9-22/h3-11,14-16H,12-13,17-18H2,1-2H3. The van der Waals surface area contributed by atoms with E-state index in [9.17, 15) is 4.79 Å². The molecule has 0 saturated carbocycles. The Balaban J connectivity index is 1.52. The lowest BCUT2D eigenvalue weighted by atomic mass is 10.1. The molecule has 5 heteroatoms. The number of hydrogen-bond donors (Lipinski definition) is 0. The second-order valence-electron chi connectivity index (χ2n) is 7.80. The Morgan fingerprint density at radius 2 is 1.66 bits per heavy atom. The molecule has 0 aliphatic rings. The largest absolute Gasteiger partial charge is 0.488 e. The number of benzene rings is 2. The summed E-state index contributed by atoms with van der Waals surface area (Å²) in [6, 6.07) is 21.9. The van der Waals surface area contributed by atoms with Crippen LogP contribution in [-0.4, -0.2) is 15.8 Å². The van der Waals surface area contributed by atoms with Crippen LogP contribution < -0.4 is 9.47 Å². The minimum absolute atomic E-state index is 0.175. The zero-order chi connectivity index (χ0) is 22.3. The highest BCUT2D eigenvalue weighted by atomic mass is 16.5. The molecule has 0 amide bonds. The van der Waals surface area contributed by atoms with E-state index in [1.807, 2.05) is 61.5 Å². The van der Waals surface area contributed by atoms with Crippen molar-refractivity contribution in [2.45, 2.75) is 39.9 Å². The Bertz CT molecular complexity index is 1200. The van der Waals surface area contributed by atoms with E-state index in [-0.39, 0.29) is 12.4 Å². The van der Waals surface area contributed by atoms with Gasteiger partial charge in [-0.2, -0.15) is 0 Å². The third-order valence-corrected chi connectivity index (χ3v) is 5.32. The van der Waals surface area contributed by atoms with E-state index in [0.29, 0.717) is 25.3 Å². The molecule has 5 nitrogen and oxygen atoms in total. The zero-order valence-electron chi connectivity index (χ0n) is 18.4. The quantitative estimate of drug-likeness (QED) is 0.348. The SMILES string of the molecule is CC(=O)CCc1ccc(OCc2nc3ccccc3c(OCc3ccccc3)c2C)nc1. The summed E-state index contributed by atoms with van der Waals surface area (Å²) in [5, 5.41) is 0.984. The van der Waals surface area contributed by atoms with Gasteiger partial charge in [0.2, 0.25) is 5.88 Å². The van der Waals surface area contributed by atoms with Crippen LogP contribution in [0.2, 0.25) is 0 Å². The highest BCUT2D eigenvalue weighted by Crippen LogP contribution is 2.31. The van der Waals surface area contributed by atoms with Crippen molar-refractivity contribution in [2.24, 2.45) is 0 Å². The summed E-state index contributed by atoms with van der Waals surface area (Å²) in [4.78, 5) is 20.3. The van der Waals surface area contributed by atoms with Crippen molar-refractivity contribution >= 4 is 16.7 Å². The van der Waals surface area contributed by atoms with Gasteiger partial charge in [-0.15, -0.1) is 0 Å². The fourth-order valence-corrected chi connectivity index (χ4v) is 3.49. The lowest BCUT2D eigenvalue weighted by molar-refractivity contribution is -0.116. The minimum Gasteiger partial charge on any atom is -0.488 e. The third-order valence-electron chi connectivity index (χ3n) is 5.32. The highest BCUT2D eigenvalue weighted by Gasteiger charge is 2.14. The van der Waals surface area contributed by atoms with Crippen molar-refractivity contribution in [1.29, 1.82) is 0 Å². The van der Waals surface area contributed by atoms with Gasteiger partial charge in [-0.3, -0.25) is 0 Å². The Morgan fingerprint density at radius 3 is 2.41 bits per heavy atom. The number of aryl methyl sites for hydroxylation is 1. The summed E-state index contributed by atoms with van der Waals surface area (Å²) in [5.74, 6) is 1.52. The number of hydrogen-bond acceptors (Lipinski definition) is 5. The van der Waals surface area contributed by atoms with Crippen molar-refractivity contribution in [3.63, 3.8) is 0 Å². The summed E-state index contributed by atoms with van der Waals surface area (Å²) < 4.78 is 12.2. The number of para-hydroxylation sites is 1. The summed E-state index contributed by atoms with van der Waals surface area (Å²) in [6.45, 7) is 4.38. The zero-order valence-corrected chi connectivity index (χ0v) is 18.4. The molecule has 0 aliphatic heterocycles. The van der Waals surface area contributed by atoms with E-state index in [4.69, 9.17) is 14.5 Å². The average Bonchev–Trinajstić information content (AvgIpc) is 2.82. The monoisotopic (exact) mass is 426 g/mol. The predicted molar refractivity (Wildman–Crippen MR) is 125 cm³/mol. The molecule has 0 unspecified atom stereocenters. The van der Waals surface area contributed by atoms with Gasteiger partial charge < -0.3 is 14.3 Å². The Kier molecular flexibility index (Phi) is 6.75. The molecular weight excluding hydrogens is 400 g/mol. The molecule has 0 fully saturated rings. The summed E-state index contributed by atoms with van der Waals surface area (Å²) in [5.41, 5.74) is 4.77. The molecule has 0 radical (unpaired) electrons. The van der Waals surface area contributed by atoms with Gasteiger partial charge in [0.1, 0.15) is 24.7 Å². The molecule has 162 valence electrons. The lowest BCUT2D eigenvalue weighted by Crippen LogP contribution is -2.06. The summed E-state index contributed by atoms with van der Waals surface area (Å²) in [6.07, 6.45) is 2.97. The molecule has 0 bridgehead atoms. The number of aromatic nitrogens is 2. The number of ketones is 1. The van der Waals surface area contributed by atoms with Crippen molar-refractivity contribution in [3.05, 3.63) is 95.3 Å². The van der Waals surface area contributed by atoms with Crippen LogP contribution in [0.25, 0.3) is 10.9 Å². The number of carbonyl (C=O) groups is 1. The number of nitrogens with zero attached hydrogens (tertiary/aromatic N) is 2. The highest BCUT2D eigenvalue weighted by molar-refractivity contribution is 5.86. The van der Waals surface area contributed by atoms with Crippen LogP contribution in [0.5, 0.6) is 11.6 Å². The van der Waals surface area contributed by atoms with E-state index in [0.717, 1.165) is 39.0 Å². The van der Waals surface area contributed by atoms with Gasteiger partial charge >= 0.3 is 0 Å². The first-order valence-corrected chi connectivity index (χ1v) is 10.7. The molecule has 0 N–H and O–H groups in total. The Hall–Kier alpha value is -3.73. The first kappa shape index (κ1) is 21.5. The molecule has 4 rings (SSSR count). The first-order chi connectivity index (χ1) is 15.6. The second kappa shape index (κ2) is 10.1. The van der Waals surface area contributed by atoms with Crippen LogP contribution in [0.15, 0.2) is 72.9 Å². The number of rotatable bonds is 9. The molecule has 2 aromatic carbocycles. The van der Waals surface area contributed by atoms with Gasteiger partial charge in [-0.25, -0.2) is 9.97 Å². The molecule has 0 atom stereocenters. The summed E-state index contributed by atoms with van der Waals surface area (Å²) in [7, 11) is 0. The molecular formula is C27H26N2O3. The van der Waals surface area contributed by atoms with Gasteiger partial charge in [0, 0.05) is 29.6 Å². The van der Waals surface area contributed by atoms with E-state index in [1.165, 1.54) is 0 Å². The van der Waals surface area contributed by atoms with Crippen LogP contribution in [0.1, 0.15) is 35.7 Å². The summed E-state index contributed by atoms with van der Waals surface area (Å²) >= 11 is 0. The number of carbonyl (C=O) groups excluding carboxylic acids is 1. The molecule has 32 heavy (non-hydrogen) atoms. The van der Waals surface area contributed by atoms with Crippen LogP contribution in [0, 0.1) is 6.92 Å². The van der Waals surface area contributed by atoms with Crippen molar-refractivity contribution < 1.29 is 14.3 Å². The van der Waals surface area contributed by atoms with Crippen LogP contribution in [0.4, 0.5) is 0 Å². The van der Waals surface area contributed by atoms with E-state index < -0.39 is 0 Å². The van der Waals surface area contributed by atoms with E-state index in [1.54, 1.807) is 13.1 Å². The fraction of sp³-hybridized carbons (Fsp3) is 0.222. The molecule has 4 aromatic rings. The number of Topliss-reactive ketones (excluding diaryl/α,β-unsaturated/α-hetero) is 1. The van der Waals surface area contributed by atoms with Gasteiger partial charge in [0.05, 0.1) is 11.2 Å². The van der Waals surface area contributed by atoms with Gasteiger partial charge in [-0.05, 0) is 43.5 Å². The number of ether oxygens (including phenoxy) is 2. The fourth-order valence-electron chi connectivity index (χ4n) is 3.49. The lowest BCUT2D eigenvalue weighted by Gasteiger charge is -2.16. The van der Waals surface area contributed by atoms with E-state index >= 15 is 0 Å². The van der Waals surface area contributed by atoms with Crippen LogP contribution in [-0.2, 0) is 24.4 Å². The topological polar surface area (TPSA) is 61.3 Å². The van der Waals surface area contributed by atoms with Gasteiger partial charge in [0.25, 0.3) is 0 Å². The molecule has 2 aromatic heterocycles.